The predicted octanol–water partition coefficient (Wildman–Crippen LogP) is 5.01. The average molecular weight is 471 g/mol. The van der Waals surface area contributed by atoms with E-state index in [2.05, 4.69) is 0 Å². The summed E-state index contributed by atoms with van der Waals surface area (Å²) in [6.07, 6.45) is -2.47. The van der Waals surface area contributed by atoms with Gasteiger partial charge in [0.15, 0.2) is 5.69 Å². The molecule has 0 radical (unpaired) electrons. The Hall–Kier alpha value is -2.53. The number of nitrogens with zero attached hydrogens (tertiary/aromatic N) is 1. The third-order valence-electron chi connectivity index (χ3n) is 5.46. The lowest BCUT2D eigenvalue weighted by Gasteiger charge is -2.38. The molecule has 5 nitrogen and oxygen atoms in total. The molecule has 0 fully saturated rings. The second-order valence-electron chi connectivity index (χ2n) is 7.84. The van der Waals surface area contributed by atoms with Gasteiger partial charge in [0.1, 0.15) is 28.5 Å². The van der Waals surface area contributed by atoms with Crippen molar-refractivity contribution in [2.75, 3.05) is 0 Å². The molecule has 0 saturated carbocycles. The second kappa shape index (κ2) is 8.11. The van der Waals surface area contributed by atoms with Gasteiger partial charge >= 0.3 is 6.18 Å². The van der Waals surface area contributed by atoms with Crippen molar-refractivity contribution in [3.63, 3.8) is 0 Å². The molecular formula is C22H23F4N2O3S+. The zero-order chi connectivity index (χ0) is 24.1. The van der Waals surface area contributed by atoms with Crippen molar-refractivity contribution in [3.8, 4) is 0 Å². The molecule has 0 bridgehead atoms. The van der Waals surface area contributed by atoms with Crippen molar-refractivity contribution in [2.24, 2.45) is 5.14 Å². The highest BCUT2D eigenvalue weighted by Crippen LogP contribution is 2.52. The SMILES string of the molecule is CC1=CC=C(C[C@H](C)O)[N+]1(c1ccc(S(N)(=O)=O)c(C)c1)c1ccc(F)cc1C(F)(F)F. The van der Waals surface area contributed by atoms with E-state index in [9.17, 15) is 31.1 Å². The first-order chi connectivity index (χ1) is 14.7. The van der Waals surface area contributed by atoms with Crippen LogP contribution in [-0.4, -0.2) is 19.6 Å². The lowest BCUT2D eigenvalue weighted by atomic mass is 10.0. The molecule has 0 aromatic heterocycles. The van der Waals surface area contributed by atoms with Gasteiger partial charge in [0.05, 0.1) is 11.0 Å². The van der Waals surface area contributed by atoms with E-state index >= 15 is 0 Å². The van der Waals surface area contributed by atoms with Gasteiger partial charge in [-0.25, -0.2) is 22.4 Å². The number of nitrogens with two attached hydrogens (primary N) is 1. The summed E-state index contributed by atoms with van der Waals surface area (Å²) in [4.78, 5) is -0.156. The van der Waals surface area contributed by atoms with Gasteiger partial charge < -0.3 is 5.11 Å². The maximum Gasteiger partial charge on any atom is 0.422 e. The maximum absolute atomic E-state index is 14.0. The van der Waals surface area contributed by atoms with Crippen LogP contribution >= 0.6 is 0 Å². The van der Waals surface area contributed by atoms with E-state index in [4.69, 9.17) is 5.14 Å². The molecule has 1 heterocycles. The summed E-state index contributed by atoms with van der Waals surface area (Å²) in [6, 6.07) is 6.52. The molecule has 0 amide bonds. The van der Waals surface area contributed by atoms with E-state index in [1.54, 1.807) is 19.1 Å². The quantitative estimate of drug-likeness (QED) is 0.475. The number of aryl methyl sites for hydroxylation is 1. The molecule has 2 aromatic rings. The highest BCUT2D eigenvalue weighted by Gasteiger charge is 2.49. The van der Waals surface area contributed by atoms with Crippen molar-refractivity contribution in [2.45, 2.75) is 44.4 Å². The third kappa shape index (κ3) is 4.11. The second-order valence-corrected chi connectivity index (χ2v) is 9.37. The summed E-state index contributed by atoms with van der Waals surface area (Å²) >= 11 is 0. The fraction of sp³-hybridized carbons (Fsp3) is 0.273. The van der Waals surface area contributed by atoms with Gasteiger partial charge in [0.2, 0.25) is 10.0 Å². The highest BCUT2D eigenvalue weighted by atomic mass is 32.2. The third-order valence-corrected chi connectivity index (χ3v) is 6.53. The minimum absolute atomic E-state index is 0.0263. The number of halogens is 4. The van der Waals surface area contributed by atoms with Crippen molar-refractivity contribution >= 4 is 21.4 Å². The first-order valence-corrected chi connectivity index (χ1v) is 11.2. The number of hydrogen-bond acceptors (Lipinski definition) is 3. The van der Waals surface area contributed by atoms with Gasteiger partial charge in [-0.1, -0.05) is 0 Å². The molecule has 2 atom stereocenters. The molecule has 3 rings (SSSR count). The van der Waals surface area contributed by atoms with Crippen LogP contribution < -0.4 is 9.62 Å². The number of benzene rings is 2. The summed E-state index contributed by atoms with van der Waals surface area (Å²) in [5.41, 5.74) is -0.0195. The molecule has 172 valence electrons. The van der Waals surface area contributed by atoms with Gasteiger partial charge in [-0.05, 0) is 37.6 Å². The van der Waals surface area contributed by atoms with Crippen LogP contribution in [0.3, 0.4) is 0 Å². The number of quaternary nitrogens is 1. The zero-order valence-corrected chi connectivity index (χ0v) is 18.4. The van der Waals surface area contributed by atoms with E-state index in [-0.39, 0.29) is 22.6 Å². The van der Waals surface area contributed by atoms with Crippen LogP contribution in [-0.2, 0) is 16.2 Å². The van der Waals surface area contributed by atoms with E-state index in [0.29, 0.717) is 23.1 Å². The molecule has 0 aliphatic carbocycles. The number of allylic oxidation sites excluding steroid dienone is 3. The average Bonchev–Trinajstić information content (AvgIpc) is 2.96. The summed E-state index contributed by atoms with van der Waals surface area (Å²) in [5.74, 6) is -1.04. The fourth-order valence-corrected chi connectivity index (χ4v) is 4.98. The van der Waals surface area contributed by atoms with Crippen molar-refractivity contribution in [1.82, 2.24) is 4.48 Å². The molecule has 32 heavy (non-hydrogen) atoms. The maximum atomic E-state index is 14.0. The van der Waals surface area contributed by atoms with Crippen LogP contribution in [0.25, 0.3) is 0 Å². The van der Waals surface area contributed by atoms with Crippen molar-refractivity contribution in [3.05, 3.63) is 76.9 Å². The topological polar surface area (TPSA) is 80.4 Å². The molecular weight excluding hydrogens is 448 g/mol. The Kier molecular flexibility index (Phi) is 6.11. The van der Waals surface area contributed by atoms with E-state index < -0.39 is 38.2 Å². The minimum Gasteiger partial charge on any atom is -0.393 e. The molecule has 2 aromatic carbocycles. The molecule has 0 spiro atoms. The standard InChI is InChI=1S/C22H23F4N2O3S/c1-13-10-17(7-9-21(13)32(27,30)31)28(14(2)4-6-18(28)11-15(3)29)20-8-5-16(23)12-19(20)22(24,25)26/h4-10,12,15,29H,11H2,1-3H3,(H2,27,30,31)/q+1/t15-,28?/m0/s1. The van der Waals surface area contributed by atoms with Crippen molar-refractivity contribution < 1.29 is 31.1 Å². The van der Waals surface area contributed by atoms with Crippen LogP contribution in [0.5, 0.6) is 0 Å². The van der Waals surface area contributed by atoms with Crippen LogP contribution in [0, 0.1) is 12.7 Å². The lowest BCUT2D eigenvalue weighted by Crippen LogP contribution is -2.42. The Bertz CT molecular complexity index is 1230. The summed E-state index contributed by atoms with van der Waals surface area (Å²) in [7, 11) is -4.05. The molecule has 3 N–H and O–H groups in total. The molecule has 1 aliphatic heterocycles. The van der Waals surface area contributed by atoms with Crippen molar-refractivity contribution in [1.29, 1.82) is 0 Å². The minimum atomic E-state index is -4.86. The summed E-state index contributed by atoms with van der Waals surface area (Å²) in [5, 5.41) is 15.3. The largest absolute Gasteiger partial charge is 0.422 e. The Balaban J connectivity index is 2.43. The summed E-state index contributed by atoms with van der Waals surface area (Å²) < 4.78 is 79.1. The number of alkyl halides is 3. The van der Waals surface area contributed by atoms with E-state index in [0.717, 1.165) is 12.1 Å². The van der Waals surface area contributed by atoms with Gasteiger partial charge in [0, 0.05) is 43.7 Å². The Labute approximate surface area is 183 Å². The van der Waals surface area contributed by atoms with E-state index in [1.807, 2.05) is 0 Å². The fourth-order valence-electron chi connectivity index (χ4n) is 4.22. The normalized spacial score (nSPS) is 20.2. The Morgan fingerprint density at radius 1 is 1.09 bits per heavy atom. The van der Waals surface area contributed by atoms with Crippen LogP contribution in [0.4, 0.5) is 28.9 Å². The molecule has 1 aliphatic rings. The van der Waals surface area contributed by atoms with Crippen LogP contribution in [0.2, 0.25) is 0 Å². The van der Waals surface area contributed by atoms with Crippen LogP contribution in [0.1, 0.15) is 31.4 Å². The molecule has 0 saturated heterocycles. The number of hydrogen-bond donors (Lipinski definition) is 2. The molecule has 1 unspecified atom stereocenters. The van der Waals surface area contributed by atoms with E-state index in [1.165, 1.54) is 32.0 Å². The molecule has 10 heteroatoms. The lowest BCUT2D eigenvalue weighted by molar-refractivity contribution is -0.137. The predicted molar refractivity (Wildman–Crippen MR) is 114 cm³/mol. The smallest absolute Gasteiger partial charge is 0.393 e. The monoisotopic (exact) mass is 471 g/mol. The first kappa shape index (κ1) is 24.1. The number of aliphatic hydroxyl groups excluding tert-OH is 1. The number of aliphatic hydroxyl groups is 1. The number of rotatable bonds is 5. The van der Waals surface area contributed by atoms with Gasteiger partial charge in [-0.3, -0.25) is 0 Å². The Morgan fingerprint density at radius 3 is 2.28 bits per heavy atom. The van der Waals surface area contributed by atoms with Gasteiger partial charge in [-0.2, -0.15) is 13.2 Å². The first-order valence-electron chi connectivity index (χ1n) is 9.66. The van der Waals surface area contributed by atoms with Gasteiger partial charge in [-0.15, -0.1) is 0 Å². The number of primary sulfonamides is 1. The number of sulfonamides is 1. The van der Waals surface area contributed by atoms with Gasteiger partial charge in [0.25, 0.3) is 0 Å². The summed E-state index contributed by atoms with van der Waals surface area (Å²) in [6.45, 7) is 4.62. The van der Waals surface area contributed by atoms with Crippen LogP contribution in [0.15, 0.2) is 64.8 Å². The highest BCUT2D eigenvalue weighted by molar-refractivity contribution is 7.89. The Morgan fingerprint density at radius 2 is 1.75 bits per heavy atom. The zero-order valence-electron chi connectivity index (χ0n) is 17.6.